The highest BCUT2D eigenvalue weighted by Crippen LogP contribution is 2.63. The van der Waals surface area contributed by atoms with Gasteiger partial charge in [-0.2, -0.15) is 0 Å². The zero-order chi connectivity index (χ0) is 17.0. The number of hydrogen-bond donors (Lipinski definition) is 1. The lowest BCUT2D eigenvalue weighted by molar-refractivity contribution is 0.258. The third-order valence-corrected chi connectivity index (χ3v) is 9.75. The summed E-state index contributed by atoms with van der Waals surface area (Å²) >= 11 is 1.94. The molecule has 0 aliphatic heterocycles. The van der Waals surface area contributed by atoms with E-state index in [1.165, 1.54) is 0 Å². The van der Waals surface area contributed by atoms with E-state index >= 15 is 0 Å². The summed E-state index contributed by atoms with van der Waals surface area (Å²) in [5.74, 6) is 0. The van der Waals surface area contributed by atoms with E-state index in [2.05, 4.69) is 78.6 Å². The number of nitrogens with zero attached hydrogens (tertiary/aromatic N) is 2. The van der Waals surface area contributed by atoms with E-state index in [1.54, 1.807) is 0 Å². The largest absolute Gasteiger partial charge is 0.395 e. The Morgan fingerprint density at radius 2 is 1.10 bits per heavy atom. The lowest BCUT2D eigenvalue weighted by Gasteiger charge is -2.48. The van der Waals surface area contributed by atoms with E-state index in [4.69, 9.17) is 0 Å². The molecule has 0 aromatic carbocycles. The predicted octanol–water partition coefficient (Wildman–Crippen LogP) is 4.96. The van der Waals surface area contributed by atoms with Crippen LogP contribution >= 0.6 is 18.8 Å². The molecule has 0 rings (SSSR count). The van der Waals surface area contributed by atoms with Crippen LogP contribution in [0.15, 0.2) is 0 Å². The summed E-state index contributed by atoms with van der Waals surface area (Å²) in [6.07, 6.45) is 0. The molecule has 0 saturated heterocycles. The van der Waals surface area contributed by atoms with E-state index in [-0.39, 0.29) is 11.4 Å². The highest BCUT2D eigenvalue weighted by Gasteiger charge is 2.37. The topological polar surface area (TPSA) is 26.7 Å². The standard InChI is InChI=1S/C16H37N2OPS/c1-12(2)17(13(3)4)20(21-16(9,10)11-19)18(14(5)6)15(7)8/h12-15,19H,11H2,1-10H3. The zero-order valence-electron chi connectivity index (χ0n) is 15.7. The zero-order valence-corrected chi connectivity index (χ0v) is 17.4. The molecule has 0 atom stereocenters. The maximum Gasteiger partial charge on any atom is 0.105 e. The van der Waals surface area contributed by atoms with Gasteiger partial charge in [-0.25, -0.2) is 0 Å². The summed E-state index contributed by atoms with van der Waals surface area (Å²) in [5, 5.41) is 9.71. The van der Waals surface area contributed by atoms with Gasteiger partial charge in [-0.15, -0.1) is 0 Å². The molecular formula is C16H37N2OPS. The molecule has 0 aromatic rings. The van der Waals surface area contributed by atoms with Gasteiger partial charge in [-0.05, 0) is 69.2 Å². The second-order valence-electron chi connectivity index (χ2n) is 7.40. The van der Waals surface area contributed by atoms with Crippen molar-refractivity contribution in [2.24, 2.45) is 0 Å². The average Bonchev–Trinajstić information content (AvgIpc) is 2.26. The van der Waals surface area contributed by atoms with Crippen LogP contribution in [0.5, 0.6) is 0 Å². The van der Waals surface area contributed by atoms with Gasteiger partial charge < -0.3 is 5.11 Å². The molecule has 3 nitrogen and oxygen atoms in total. The molecule has 0 aliphatic carbocycles. The fraction of sp³-hybridized carbons (Fsp3) is 1.00. The van der Waals surface area contributed by atoms with E-state index in [9.17, 15) is 5.11 Å². The van der Waals surface area contributed by atoms with Gasteiger partial charge in [0.2, 0.25) is 0 Å². The molecule has 0 saturated carbocycles. The summed E-state index contributed by atoms with van der Waals surface area (Å²) in [5.41, 5.74) is 0. The first kappa shape index (κ1) is 21.7. The van der Waals surface area contributed by atoms with Crippen molar-refractivity contribution in [1.82, 2.24) is 9.34 Å². The lowest BCUT2D eigenvalue weighted by atomic mass is 10.2. The van der Waals surface area contributed by atoms with Gasteiger partial charge >= 0.3 is 0 Å². The molecule has 1 N–H and O–H groups in total. The quantitative estimate of drug-likeness (QED) is 0.602. The van der Waals surface area contributed by atoms with Crippen LogP contribution in [-0.4, -0.2) is 50.0 Å². The molecule has 0 aromatic heterocycles. The monoisotopic (exact) mass is 336 g/mol. The smallest absolute Gasteiger partial charge is 0.105 e. The van der Waals surface area contributed by atoms with Gasteiger partial charge in [0.25, 0.3) is 0 Å². The highest BCUT2D eigenvalue weighted by molar-refractivity contribution is 8.54. The van der Waals surface area contributed by atoms with Crippen molar-refractivity contribution >= 4 is 18.8 Å². The van der Waals surface area contributed by atoms with Gasteiger partial charge in [0.1, 0.15) is 7.42 Å². The Morgan fingerprint density at radius 3 is 1.29 bits per heavy atom. The van der Waals surface area contributed by atoms with Gasteiger partial charge in [0, 0.05) is 28.9 Å². The molecule has 0 amide bonds. The van der Waals surface area contributed by atoms with Crippen LogP contribution in [0.25, 0.3) is 0 Å². The highest BCUT2D eigenvalue weighted by atomic mass is 32.7. The molecular weight excluding hydrogens is 299 g/mol. The van der Waals surface area contributed by atoms with Crippen LogP contribution in [0.1, 0.15) is 69.2 Å². The summed E-state index contributed by atoms with van der Waals surface area (Å²) < 4.78 is 5.13. The third-order valence-electron chi connectivity index (χ3n) is 3.22. The first-order valence-corrected chi connectivity index (χ1v) is 10.8. The molecule has 5 heteroatoms. The maximum absolute atomic E-state index is 9.71. The Hall–Kier alpha value is 0.660. The van der Waals surface area contributed by atoms with Crippen LogP contribution in [0.2, 0.25) is 0 Å². The van der Waals surface area contributed by atoms with Crippen molar-refractivity contribution in [2.45, 2.75) is 98.2 Å². The van der Waals surface area contributed by atoms with E-state index in [1.807, 2.05) is 11.4 Å². The molecule has 21 heavy (non-hydrogen) atoms. The predicted molar refractivity (Wildman–Crippen MR) is 99.9 cm³/mol. The van der Waals surface area contributed by atoms with E-state index < -0.39 is 7.42 Å². The molecule has 0 fully saturated rings. The van der Waals surface area contributed by atoms with E-state index in [0.717, 1.165) is 0 Å². The first-order valence-electron chi connectivity index (χ1n) is 8.11. The van der Waals surface area contributed by atoms with Crippen LogP contribution in [-0.2, 0) is 0 Å². The second-order valence-corrected chi connectivity index (χ2v) is 11.6. The van der Waals surface area contributed by atoms with Crippen molar-refractivity contribution in [3.8, 4) is 0 Å². The Morgan fingerprint density at radius 1 is 0.810 bits per heavy atom. The van der Waals surface area contributed by atoms with Crippen molar-refractivity contribution in [3.63, 3.8) is 0 Å². The lowest BCUT2D eigenvalue weighted by Crippen LogP contribution is -2.42. The summed E-state index contributed by atoms with van der Waals surface area (Å²) in [7, 11) is -0.516. The van der Waals surface area contributed by atoms with Crippen molar-refractivity contribution in [3.05, 3.63) is 0 Å². The van der Waals surface area contributed by atoms with Gasteiger partial charge in [-0.1, -0.05) is 11.4 Å². The van der Waals surface area contributed by atoms with Crippen LogP contribution in [0.4, 0.5) is 0 Å². The fourth-order valence-corrected chi connectivity index (χ4v) is 9.28. The third kappa shape index (κ3) is 6.74. The Balaban J connectivity index is 5.63. The minimum atomic E-state index is -0.516. The van der Waals surface area contributed by atoms with Crippen molar-refractivity contribution < 1.29 is 5.11 Å². The summed E-state index contributed by atoms with van der Waals surface area (Å²) in [4.78, 5) is 0. The molecule has 0 bridgehead atoms. The normalized spacial score (nSPS) is 14.0. The van der Waals surface area contributed by atoms with Crippen molar-refractivity contribution in [2.75, 3.05) is 6.61 Å². The minimum absolute atomic E-state index is 0.115. The van der Waals surface area contributed by atoms with Crippen LogP contribution < -0.4 is 0 Å². The fourth-order valence-electron chi connectivity index (χ4n) is 2.45. The van der Waals surface area contributed by atoms with Crippen LogP contribution in [0.3, 0.4) is 0 Å². The second kappa shape index (κ2) is 9.08. The number of aliphatic hydroxyl groups is 1. The molecule has 0 aliphatic rings. The van der Waals surface area contributed by atoms with Gasteiger partial charge in [0.05, 0.1) is 6.61 Å². The number of hydrogen-bond acceptors (Lipinski definition) is 4. The summed E-state index contributed by atoms with van der Waals surface area (Å²) in [6, 6.07) is 1.99. The number of rotatable bonds is 9. The Labute approximate surface area is 138 Å². The molecule has 0 spiro atoms. The molecule has 0 radical (unpaired) electrons. The van der Waals surface area contributed by atoms with Gasteiger partial charge in [0.15, 0.2) is 0 Å². The van der Waals surface area contributed by atoms with Crippen LogP contribution in [0, 0.1) is 0 Å². The molecule has 128 valence electrons. The first-order chi connectivity index (χ1) is 9.44. The summed E-state index contributed by atoms with van der Waals surface area (Å²) in [6.45, 7) is 22.7. The average molecular weight is 337 g/mol. The molecule has 0 heterocycles. The Bertz CT molecular complexity index is 260. The van der Waals surface area contributed by atoms with Crippen molar-refractivity contribution in [1.29, 1.82) is 0 Å². The number of aliphatic hydroxyl groups excluding tert-OH is 1. The van der Waals surface area contributed by atoms with Gasteiger partial charge in [-0.3, -0.25) is 9.34 Å². The maximum atomic E-state index is 9.71. The SMILES string of the molecule is CC(C)N(C(C)C)P(SC(C)(C)CO)N(C(C)C)C(C)C. The Kier molecular flexibility index (Phi) is 9.36. The van der Waals surface area contributed by atoms with E-state index in [0.29, 0.717) is 24.2 Å². The molecule has 0 unspecified atom stereocenters. The minimum Gasteiger partial charge on any atom is -0.395 e.